The second-order valence-corrected chi connectivity index (χ2v) is 5.40. The first kappa shape index (κ1) is 15.2. The van der Waals surface area contributed by atoms with Gasteiger partial charge in [0.15, 0.2) is 5.78 Å². The van der Waals surface area contributed by atoms with Crippen LogP contribution >= 0.6 is 15.9 Å². The molecule has 0 N–H and O–H groups in total. The molecule has 0 aliphatic carbocycles. The van der Waals surface area contributed by atoms with Gasteiger partial charge in [0, 0.05) is 16.5 Å². The van der Waals surface area contributed by atoms with Gasteiger partial charge < -0.3 is 0 Å². The molecule has 0 saturated heterocycles. The molecule has 100 valence electrons. The Morgan fingerprint density at radius 1 is 1.33 bits per heavy atom. The Morgan fingerprint density at radius 2 is 1.94 bits per heavy atom. The number of rotatable bonds is 4. The van der Waals surface area contributed by atoms with Crippen LogP contribution in [0.1, 0.15) is 42.6 Å². The smallest absolute Gasteiger partial charge is 0.294 e. The van der Waals surface area contributed by atoms with Gasteiger partial charge in [-0.15, -0.1) is 0 Å². The van der Waals surface area contributed by atoms with Crippen molar-refractivity contribution in [1.29, 1.82) is 0 Å². The van der Waals surface area contributed by atoms with Crippen molar-refractivity contribution in [1.82, 2.24) is 0 Å². The monoisotopic (exact) mass is 322 g/mol. The quantitative estimate of drug-likeness (QED) is 0.706. The van der Waals surface area contributed by atoms with Crippen LogP contribution in [0.15, 0.2) is 22.7 Å². The van der Waals surface area contributed by atoms with Crippen LogP contribution in [-0.2, 0) is 6.18 Å². The van der Waals surface area contributed by atoms with Crippen LogP contribution in [0, 0.1) is 5.92 Å². The molecule has 0 bridgehead atoms. The summed E-state index contributed by atoms with van der Waals surface area (Å²) in [4.78, 5) is 11.9. The van der Waals surface area contributed by atoms with Crippen molar-refractivity contribution in [2.24, 2.45) is 5.92 Å². The Hall–Kier alpha value is -0.840. The Bertz CT molecular complexity index is 438. The molecule has 0 heterocycles. The maximum atomic E-state index is 12.6. The first-order valence-corrected chi connectivity index (χ1v) is 6.41. The second-order valence-electron chi connectivity index (χ2n) is 4.55. The van der Waals surface area contributed by atoms with Crippen LogP contribution in [0.2, 0.25) is 0 Å². The fourth-order valence-corrected chi connectivity index (χ4v) is 1.94. The van der Waals surface area contributed by atoms with Crippen molar-refractivity contribution >= 4 is 21.7 Å². The summed E-state index contributed by atoms with van der Waals surface area (Å²) in [5.74, 6) is 0.0835. The van der Waals surface area contributed by atoms with Crippen molar-refractivity contribution in [3.63, 3.8) is 0 Å². The summed E-state index contributed by atoms with van der Waals surface area (Å²) >= 11 is 3.12. The molecule has 18 heavy (non-hydrogen) atoms. The summed E-state index contributed by atoms with van der Waals surface area (Å²) in [7, 11) is 0. The molecule has 0 spiro atoms. The number of benzene rings is 1. The highest BCUT2D eigenvalue weighted by Gasteiger charge is 2.31. The van der Waals surface area contributed by atoms with E-state index in [0.29, 0.717) is 16.8 Å². The Labute approximate surface area is 113 Å². The fourth-order valence-electron chi connectivity index (χ4n) is 1.47. The van der Waals surface area contributed by atoms with E-state index < -0.39 is 11.7 Å². The molecule has 0 radical (unpaired) electrons. The lowest BCUT2D eigenvalue weighted by Gasteiger charge is -2.10. The minimum Gasteiger partial charge on any atom is -0.294 e. The standard InChI is InChI=1S/C13H14BrF3O/c1-8(2)3-6-12(18)10-7-9(13(15,16)17)4-5-11(10)14/h4-5,7-8H,3,6H2,1-2H3. The molecule has 0 fully saturated rings. The number of halogens is 4. The summed E-state index contributed by atoms with van der Waals surface area (Å²) in [6, 6.07) is 3.14. The normalized spacial score (nSPS) is 11.9. The largest absolute Gasteiger partial charge is 0.416 e. The van der Waals surface area contributed by atoms with E-state index in [2.05, 4.69) is 15.9 Å². The Balaban J connectivity index is 2.97. The van der Waals surface area contributed by atoms with Crippen molar-refractivity contribution in [3.8, 4) is 0 Å². The molecule has 0 saturated carbocycles. The zero-order valence-corrected chi connectivity index (χ0v) is 11.7. The summed E-state index contributed by atoms with van der Waals surface area (Å²) in [6.07, 6.45) is -3.49. The second kappa shape index (κ2) is 5.87. The number of carbonyl (C=O) groups is 1. The molecular weight excluding hydrogens is 309 g/mol. The van der Waals surface area contributed by atoms with E-state index in [9.17, 15) is 18.0 Å². The van der Waals surface area contributed by atoms with Crippen LogP contribution in [-0.4, -0.2) is 5.78 Å². The van der Waals surface area contributed by atoms with Crippen LogP contribution in [0.3, 0.4) is 0 Å². The lowest BCUT2D eigenvalue weighted by atomic mass is 10.00. The third-order valence-corrected chi connectivity index (χ3v) is 3.23. The number of ketones is 1. The zero-order valence-electron chi connectivity index (χ0n) is 10.1. The first-order valence-electron chi connectivity index (χ1n) is 5.61. The Kier molecular flexibility index (Phi) is 4.96. The maximum absolute atomic E-state index is 12.6. The average molecular weight is 323 g/mol. The lowest BCUT2D eigenvalue weighted by molar-refractivity contribution is -0.137. The van der Waals surface area contributed by atoms with Gasteiger partial charge in [0.05, 0.1) is 5.56 Å². The van der Waals surface area contributed by atoms with Crippen molar-refractivity contribution < 1.29 is 18.0 Å². The van der Waals surface area contributed by atoms with E-state index in [-0.39, 0.29) is 17.8 Å². The van der Waals surface area contributed by atoms with E-state index >= 15 is 0 Å². The van der Waals surface area contributed by atoms with Crippen LogP contribution in [0.25, 0.3) is 0 Å². The van der Waals surface area contributed by atoms with Crippen LogP contribution < -0.4 is 0 Å². The molecule has 1 aromatic carbocycles. The van der Waals surface area contributed by atoms with E-state index in [1.54, 1.807) is 0 Å². The molecule has 1 nitrogen and oxygen atoms in total. The van der Waals surface area contributed by atoms with Gasteiger partial charge in [0.2, 0.25) is 0 Å². The number of carbonyl (C=O) groups excluding carboxylic acids is 1. The van der Waals surface area contributed by atoms with E-state index in [1.807, 2.05) is 13.8 Å². The lowest BCUT2D eigenvalue weighted by Crippen LogP contribution is -2.08. The highest BCUT2D eigenvalue weighted by molar-refractivity contribution is 9.10. The summed E-state index contributed by atoms with van der Waals surface area (Å²) in [5, 5.41) is 0. The van der Waals surface area contributed by atoms with E-state index in [4.69, 9.17) is 0 Å². The summed E-state index contributed by atoms with van der Waals surface area (Å²) in [6.45, 7) is 3.93. The van der Waals surface area contributed by atoms with Gasteiger partial charge in [0.1, 0.15) is 0 Å². The average Bonchev–Trinajstić information content (AvgIpc) is 2.24. The molecule has 1 rings (SSSR count). The molecule has 5 heteroatoms. The van der Waals surface area contributed by atoms with E-state index in [0.717, 1.165) is 12.1 Å². The molecule has 1 aromatic rings. The van der Waals surface area contributed by atoms with Crippen molar-refractivity contribution in [2.45, 2.75) is 32.9 Å². The minimum absolute atomic E-state index is 0.102. The van der Waals surface area contributed by atoms with Crippen LogP contribution in [0.5, 0.6) is 0 Å². The highest BCUT2D eigenvalue weighted by Crippen LogP contribution is 2.32. The molecule has 0 aliphatic heterocycles. The highest BCUT2D eigenvalue weighted by atomic mass is 79.9. The fraction of sp³-hybridized carbons (Fsp3) is 0.462. The molecular formula is C13H14BrF3O. The van der Waals surface area contributed by atoms with Gasteiger partial charge in [-0.05, 0) is 30.5 Å². The number of alkyl halides is 3. The van der Waals surface area contributed by atoms with Gasteiger partial charge in [-0.3, -0.25) is 4.79 Å². The number of hydrogen-bond acceptors (Lipinski definition) is 1. The first-order chi connectivity index (χ1) is 8.21. The summed E-state index contributed by atoms with van der Waals surface area (Å²) < 4.78 is 38.1. The number of Topliss-reactive ketones (excluding diaryl/α,β-unsaturated/α-hetero) is 1. The zero-order chi connectivity index (χ0) is 13.9. The summed E-state index contributed by atoms with van der Waals surface area (Å²) in [5.41, 5.74) is -0.691. The predicted molar refractivity (Wildman–Crippen MR) is 67.5 cm³/mol. The van der Waals surface area contributed by atoms with Gasteiger partial charge in [-0.2, -0.15) is 13.2 Å². The Morgan fingerprint density at radius 3 is 2.44 bits per heavy atom. The molecule has 0 atom stereocenters. The molecule has 0 unspecified atom stereocenters. The molecule has 0 aromatic heterocycles. The van der Waals surface area contributed by atoms with Crippen molar-refractivity contribution in [3.05, 3.63) is 33.8 Å². The molecule has 0 amide bonds. The van der Waals surface area contributed by atoms with E-state index in [1.165, 1.54) is 6.07 Å². The predicted octanol–water partition coefficient (Wildman–Crippen LogP) is 5.09. The SMILES string of the molecule is CC(C)CCC(=O)c1cc(C(F)(F)F)ccc1Br. The van der Waals surface area contributed by atoms with Gasteiger partial charge in [0.25, 0.3) is 0 Å². The van der Waals surface area contributed by atoms with Gasteiger partial charge in [-0.25, -0.2) is 0 Å². The topological polar surface area (TPSA) is 17.1 Å². The maximum Gasteiger partial charge on any atom is 0.416 e. The third kappa shape index (κ3) is 4.12. The number of hydrogen-bond donors (Lipinski definition) is 0. The molecule has 0 aliphatic rings. The van der Waals surface area contributed by atoms with Crippen LogP contribution in [0.4, 0.5) is 13.2 Å². The van der Waals surface area contributed by atoms with Crippen molar-refractivity contribution in [2.75, 3.05) is 0 Å². The minimum atomic E-state index is -4.42. The third-order valence-electron chi connectivity index (χ3n) is 2.54. The van der Waals surface area contributed by atoms with Gasteiger partial charge in [-0.1, -0.05) is 29.8 Å². The van der Waals surface area contributed by atoms with Gasteiger partial charge >= 0.3 is 6.18 Å².